The highest BCUT2D eigenvalue weighted by molar-refractivity contribution is 5.91. The van der Waals surface area contributed by atoms with E-state index in [0.29, 0.717) is 11.4 Å². The number of hydrogen-bond acceptors (Lipinski definition) is 5. The second-order valence-corrected chi connectivity index (χ2v) is 6.41. The van der Waals surface area contributed by atoms with Gasteiger partial charge in [0.2, 0.25) is 0 Å². The van der Waals surface area contributed by atoms with Crippen LogP contribution in [0.25, 0.3) is 5.69 Å². The lowest BCUT2D eigenvalue weighted by atomic mass is 10.0. The van der Waals surface area contributed by atoms with Crippen molar-refractivity contribution in [2.75, 3.05) is 11.9 Å². The van der Waals surface area contributed by atoms with Gasteiger partial charge in [-0.2, -0.15) is 0 Å². The summed E-state index contributed by atoms with van der Waals surface area (Å²) in [5.74, 6) is 0.482. The second-order valence-electron chi connectivity index (χ2n) is 6.41. The number of rotatable bonds is 7. The number of para-hydroxylation sites is 1. The molecule has 29 heavy (non-hydrogen) atoms. The maximum Gasteiger partial charge on any atom is 0.262 e. The molecular formula is C22H19N5O2. The zero-order valence-electron chi connectivity index (χ0n) is 15.6. The van der Waals surface area contributed by atoms with Gasteiger partial charge in [0.25, 0.3) is 5.91 Å². The molecule has 0 radical (unpaired) electrons. The van der Waals surface area contributed by atoms with E-state index in [-0.39, 0.29) is 12.5 Å². The van der Waals surface area contributed by atoms with Crippen LogP contribution in [0.5, 0.6) is 5.75 Å². The van der Waals surface area contributed by atoms with Gasteiger partial charge < -0.3 is 10.1 Å². The van der Waals surface area contributed by atoms with Crippen molar-refractivity contribution in [2.45, 2.75) is 6.42 Å². The number of carbonyl (C=O) groups is 1. The highest BCUT2D eigenvalue weighted by Crippen LogP contribution is 2.21. The number of benzene rings is 3. The van der Waals surface area contributed by atoms with Crippen LogP contribution in [0.1, 0.15) is 11.1 Å². The molecule has 0 saturated carbocycles. The Kier molecular flexibility index (Phi) is 5.57. The lowest BCUT2D eigenvalue weighted by Gasteiger charge is -2.12. The fraction of sp³-hybridized carbons (Fsp3) is 0.0909. The Morgan fingerprint density at radius 1 is 0.931 bits per heavy atom. The second kappa shape index (κ2) is 8.79. The summed E-state index contributed by atoms with van der Waals surface area (Å²) < 4.78 is 7.32. The lowest BCUT2D eigenvalue weighted by Crippen LogP contribution is -2.20. The summed E-state index contributed by atoms with van der Waals surface area (Å²) in [6.07, 6.45) is 2.26. The van der Waals surface area contributed by atoms with E-state index >= 15 is 0 Å². The third-order valence-electron chi connectivity index (χ3n) is 4.33. The Morgan fingerprint density at radius 3 is 2.45 bits per heavy atom. The zero-order valence-corrected chi connectivity index (χ0v) is 15.6. The van der Waals surface area contributed by atoms with Gasteiger partial charge in [0.05, 0.1) is 5.69 Å². The molecule has 7 nitrogen and oxygen atoms in total. The number of nitrogens with one attached hydrogen (secondary N) is 1. The first kappa shape index (κ1) is 18.4. The first-order chi connectivity index (χ1) is 14.3. The molecule has 1 heterocycles. The van der Waals surface area contributed by atoms with E-state index in [1.54, 1.807) is 16.8 Å². The van der Waals surface area contributed by atoms with Crippen molar-refractivity contribution in [3.63, 3.8) is 0 Å². The van der Waals surface area contributed by atoms with Gasteiger partial charge >= 0.3 is 0 Å². The van der Waals surface area contributed by atoms with E-state index in [1.807, 2.05) is 54.6 Å². The van der Waals surface area contributed by atoms with Gasteiger partial charge in [0, 0.05) is 12.1 Å². The standard InChI is InChI=1S/C22H19N5O2/c28-22(24-19-10-12-20(13-11-19)27-16-23-25-26-27)15-29-21-9-5-4-8-18(21)14-17-6-2-1-3-7-17/h1-13,16H,14-15H2,(H,24,28). The molecule has 0 atom stereocenters. The average Bonchev–Trinajstić information content (AvgIpc) is 3.29. The summed E-state index contributed by atoms with van der Waals surface area (Å²) >= 11 is 0. The molecule has 0 spiro atoms. The van der Waals surface area contributed by atoms with E-state index in [0.717, 1.165) is 17.7 Å². The summed E-state index contributed by atoms with van der Waals surface area (Å²) in [7, 11) is 0. The van der Waals surface area contributed by atoms with Gasteiger partial charge in [-0.1, -0.05) is 48.5 Å². The number of nitrogens with zero attached hydrogens (tertiary/aromatic N) is 4. The van der Waals surface area contributed by atoms with Crippen LogP contribution in [0.4, 0.5) is 5.69 Å². The topological polar surface area (TPSA) is 81.9 Å². The maximum atomic E-state index is 12.3. The third-order valence-corrected chi connectivity index (χ3v) is 4.33. The highest BCUT2D eigenvalue weighted by atomic mass is 16.5. The van der Waals surface area contributed by atoms with Gasteiger partial charge in [-0.3, -0.25) is 4.79 Å². The minimum atomic E-state index is -0.227. The van der Waals surface area contributed by atoms with Gasteiger partial charge in [0.15, 0.2) is 6.61 Å². The molecule has 3 aromatic carbocycles. The predicted molar refractivity (Wildman–Crippen MR) is 109 cm³/mol. The number of hydrogen-bond donors (Lipinski definition) is 1. The molecule has 0 fully saturated rings. The van der Waals surface area contributed by atoms with E-state index in [9.17, 15) is 4.79 Å². The monoisotopic (exact) mass is 385 g/mol. The largest absolute Gasteiger partial charge is 0.483 e. The molecule has 0 unspecified atom stereocenters. The molecule has 1 aromatic heterocycles. The van der Waals surface area contributed by atoms with Crippen molar-refractivity contribution in [2.24, 2.45) is 0 Å². The van der Waals surface area contributed by atoms with Gasteiger partial charge in [-0.15, -0.1) is 5.10 Å². The van der Waals surface area contributed by atoms with E-state index < -0.39 is 0 Å². The van der Waals surface area contributed by atoms with Crippen LogP contribution in [-0.4, -0.2) is 32.7 Å². The lowest BCUT2D eigenvalue weighted by molar-refractivity contribution is -0.118. The summed E-state index contributed by atoms with van der Waals surface area (Å²) in [6, 6.07) is 25.1. The van der Waals surface area contributed by atoms with E-state index in [1.165, 1.54) is 11.9 Å². The van der Waals surface area contributed by atoms with Crippen LogP contribution < -0.4 is 10.1 Å². The highest BCUT2D eigenvalue weighted by Gasteiger charge is 2.08. The smallest absolute Gasteiger partial charge is 0.262 e. The van der Waals surface area contributed by atoms with Crippen LogP contribution in [0.15, 0.2) is 85.2 Å². The number of aromatic nitrogens is 4. The molecule has 4 rings (SSSR count). The molecule has 0 saturated heterocycles. The number of anilines is 1. The fourth-order valence-electron chi connectivity index (χ4n) is 2.92. The minimum absolute atomic E-state index is 0.0689. The van der Waals surface area contributed by atoms with Crippen LogP contribution in [-0.2, 0) is 11.2 Å². The zero-order chi connectivity index (χ0) is 19.9. The molecule has 0 aliphatic rings. The Balaban J connectivity index is 1.35. The van der Waals surface area contributed by atoms with Crippen LogP contribution in [0.2, 0.25) is 0 Å². The van der Waals surface area contributed by atoms with Crippen LogP contribution >= 0.6 is 0 Å². The minimum Gasteiger partial charge on any atom is -0.483 e. The van der Waals surface area contributed by atoms with Gasteiger partial charge in [-0.25, -0.2) is 4.68 Å². The van der Waals surface area contributed by atoms with E-state index in [4.69, 9.17) is 4.74 Å². The van der Waals surface area contributed by atoms with Crippen molar-refractivity contribution >= 4 is 11.6 Å². The summed E-state index contributed by atoms with van der Waals surface area (Å²) in [5, 5.41) is 13.9. The molecule has 1 amide bonds. The van der Waals surface area contributed by atoms with Crippen molar-refractivity contribution in [1.29, 1.82) is 0 Å². The molecule has 0 aliphatic heterocycles. The molecule has 0 aliphatic carbocycles. The molecule has 7 heteroatoms. The Labute approximate surface area is 168 Å². The van der Waals surface area contributed by atoms with Crippen LogP contribution in [0, 0.1) is 0 Å². The maximum absolute atomic E-state index is 12.3. The SMILES string of the molecule is O=C(COc1ccccc1Cc1ccccc1)Nc1ccc(-n2cnnn2)cc1. The Morgan fingerprint density at radius 2 is 1.69 bits per heavy atom. The summed E-state index contributed by atoms with van der Waals surface area (Å²) in [4.78, 5) is 12.3. The Hall–Kier alpha value is -4.00. The Bertz CT molecular complexity index is 1060. The predicted octanol–water partition coefficient (Wildman–Crippen LogP) is 3.27. The quantitative estimate of drug-likeness (QED) is 0.528. The first-order valence-electron chi connectivity index (χ1n) is 9.16. The normalized spacial score (nSPS) is 10.5. The first-order valence-corrected chi connectivity index (χ1v) is 9.16. The summed E-state index contributed by atoms with van der Waals surface area (Å²) in [6.45, 7) is -0.0689. The fourth-order valence-corrected chi connectivity index (χ4v) is 2.92. The van der Waals surface area contributed by atoms with Crippen molar-refractivity contribution in [1.82, 2.24) is 20.2 Å². The van der Waals surface area contributed by atoms with Crippen LogP contribution in [0.3, 0.4) is 0 Å². The summed E-state index contributed by atoms with van der Waals surface area (Å²) in [5.41, 5.74) is 3.71. The van der Waals surface area contributed by atoms with E-state index in [2.05, 4.69) is 33.0 Å². The molecule has 144 valence electrons. The molecule has 4 aromatic rings. The third kappa shape index (κ3) is 4.84. The van der Waals surface area contributed by atoms with Gasteiger partial charge in [-0.05, 0) is 51.9 Å². The molecular weight excluding hydrogens is 366 g/mol. The number of ether oxygens (including phenoxy) is 1. The van der Waals surface area contributed by atoms with Gasteiger partial charge in [0.1, 0.15) is 12.1 Å². The number of tetrazole rings is 1. The number of carbonyl (C=O) groups excluding carboxylic acids is 1. The van der Waals surface area contributed by atoms with Crippen molar-refractivity contribution < 1.29 is 9.53 Å². The molecule has 1 N–H and O–H groups in total. The van der Waals surface area contributed by atoms with Crippen molar-refractivity contribution in [3.05, 3.63) is 96.3 Å². The average molecular weight is 385 g/mol. The van der Waals surface area contributed by atoms with Crippen molar-refractivity contribution in [3.8, 4) is 11.4 Å². The molecule has 0 bridgehead atoms. The number of amides is 1.